The van der Waals surface area contributed by atoms with Gasteiger partial charge >= 0.3 is 0 Å². The Morgan fingerprint density at radius 2 is 1.70 bits per heavy atom. The first-order chi connectivity index (χ1) is 15.8. The Labute approximate surface area is 194 Å². The van der Waals surface area contributed by atoms with E-state index in [4.69, 9.17) is 5.10 Å². The fraction of sp³-hybridized carbons (Fsp3) is 0.214. The molecule has 1 aliphatic heterocycles. The van der Waals surface area contributed by atoms with Gasteiger partial charge in [-0.05, 0) is 42.9 Å². The topological polar surface area (TPSA) is 62.1 Å². The van der Waals surface area contributed by atoms with Gasteiger partial charge in [-0.15, -0.1) is 0 Å². The maximum absolute atomic E-state index is 13.3. The zero-order valence-corrected chi connectivity index (χ0v) is 19.2. The quantitative estimate of drug-likeness (QED) is 0.575. The Hall–Kier alpha value is -3.86. The van der Waals surface area contributed by atoms with Crippen molar-refractivity contribution in [1.82, 2.24) is 5.01 Å². The van der Waals surface area contributed by atoms with Gasteiger partial charge in [-0.2, -0.15) is 10.1 Å². The molecule has 0 saturated carbocycles. The van der Waals surface area contributed by atoms with E-state index >= 15 is 0 Å². The summed E-state index contributed by atoms with van der Waals surface area (Å²) in [6.07, 6.45) is 8.22. The SMILES string of the molecule is CC1=C/C(=N/N2C(=O)/C(=C/C(=O)/C=C/c3ccccc3)N=C2c2ccccc2)CC(C)(C)C1. The van der Waals surface area contributed by atoms with Crippen LogP contribution >= 0.6 is 0 Å². The van der Waals surface area contributed by atoms with Gasteiger partial charge < -0.3 is 0 Å². The van der Waals surface area contributed by atoms with Gasteiger partial charge in [0.15, 0.2) is 11.6 Å². The molecule has 2 aromatic carbocycles. The van der Waals surface area contributed by atoms with Crippen LogP contribution in [-0.2, 0) is 9.59 Å². The van der Waals surface area contributed by atoms with Crippen molar-refractivity contribution in [3.8, 4) is 0 Å². The van der Waals surface area contributed by atoms with Crippen molar-refractivity contribution in [2.45, 2.75) is 33.6 Å². The number of hydrazone groups is 1. The van der Waals surface area contributed by atoms with Crippen LogP contribution in [0.5, 0.6) is 0 Å². The second kappa shape index (κ2) is 9.33. The highest BCUT2D eigenvalue weighted by Crippen LogP contribution is 2.34. The second-order valence-electron chi connectivity index (χ2n) is 9.19. The van der Waals surface area contributed by atoms with Crippen molar-refractivity contribution in [1.29, 1.82) is 0 Å². The lowest BCUT2D eigenvalue weighted by Crippen LogP contribution is -2.31. The van der Waals surface area contributed by atoms with Gasteiger partial charge in [0.05, 0.1) is 5.71 Å². The number of benzene rings is 2. The number of carbonyl (C=O) groups excluding carboxylic acids is 2. The lowest BCUT2D eigenvalue weighted by Gasteiger charge is -2.29. The summed E-state index contributed by atoms with van der Waals surface area (Å²) in [4.78, 5) is 30.3. The molecule has 0 saturated heterocycles. The third-order valence-electron chi connectivity index (χ3n) is 5.45. The van der Waals surface area contributed by atoms with Crippen LogP contribution in [0.4, 0.5) is 0 Å². The van der Waals surface area contributed by atoms with Crippen molar-refractivity contribution >= 4 is 29.3 Å². The van der Waals surface area contributed by atoms with E-state index < -0.39 is 5.91 Å². The molecule has 0 radical (unpaired) electrons. The predicted molar refractivity (Wildman–Crippen MR) is 133 cm³/mol. The van der Waals surface area contributed by atoms with E-state index in [0.29, 0.717) is 5.84 Å². The lowest BCUT2D eigenvalue weighted by atomic mass is 9.77. The molecule has 0 aromatic heterocycles. The second-order valence-corrected chi connectivity index (χ2v) is 9.19. The van der Waals surface area contributed by atoms with Crippen LogP contribution in [0, 0.1) is 5.41 Å². The van der Waals surface area contributed by atoms with E-state index in [-0.39, 0.29) is 16.9 Å². The molecule has 0 spiro atoms. The fourth-order valence-electron chi connectivity index (χ4n) is 4.19. The first-order valence-electron chi connectivity index (χ1n) is 11.0. The van der Waals surface area contributed by atoms with Crippen molar-refractivity contribution in [3.63, 3.8) is 0 Å². The van der Waals surface area contributed by atoms with Gasteiger partial charge in [-0.3, -0.25) is 9.59 Å². The van der Waals surface area contributed by atoms with E-state index in [0.717, 1.165) is 29.7 Å². The highest BCUT2D eigenvalue weighted by atomic mass is 16.2. The van der Waals surface area contributed by atoms with Gasteiger partial charge in [0.1, 0.15) is 5.70 Å². The van der Waals surface area contributed by atoms with E-state index in [9.17, 15) is 9.59 Å². The molecule has 0 atom stereocenters. The third kappa shape index (κ3) is 5.50. The van der Waals surface area contributed by atoms with Crippen molar-refractivity contribution in [2.75, 3.05) is 0 Å². The van der Waals surface area contributed by atoms with E-state index in [1.807, 2.05) is 66.7 Å². The zero-order chi connectivity index (χ0) is 23.4. The van der Waals surface area contributed by atoms with Crippen LogP contribution in [0.2, 0.25) is 0 Å². The maximum atomic E-state index is 13.3. The molecule has 0 unspecified atom stereocenters. The summed E-state index contributed by atoms with van der Waals surface area (Å²) < 4.78 is 0. The number of amidine groups is 1. The molecule has 0 bridgehead atoms. The van der Waals surface area contributed by atoms with Crippen LogP contribution < -0.4 is 0 Å². The number of hydrogen-bond donors (Lipinski definition) is 0. The largest absolute Gasteiger partial charge is 0.298 e. The number of aliphatic imine (C=N–C) groups is 1. The number of carbonyl (C=O) groups is 2. The summed E-state index contributed by atoms with van der Waals surface area (Å²) in [5, 5.41) is 6.02. The monoisotopic (exact) mass is 437 g/mol. The van der Waals surface area contributed by atoms with Crippen LogP contribution in [0.25, 0.3) is 6.08 Å². The molecular formula is C28H27N3O2. The molecule has 5 heteroatoms. The highest BCUT2D eigenvalue weighted by molar-refractivity contribution is 6.21. The minimum Gasteiger partial charge on any atom is -0.290 e. The molecule has 5 nitrogen and oxygen atoms in total. The average Bonchev–Trinajstić information content (AvgIpc) is 3.07. The molecule has 1 heterocycles. The molecule has 4 rings (SSSR count). The number of rotatable bonds is 5. The van der Waals surface area contributed by atoms with Crippen molar-refractivity contribution in [3.05, 3.63) is 101 Å². The standard InChI is InChI=1S/C28H27N3O2/c1-20-16-23(19-28(2,3)18-20)30-31-26(22-12-8-5-9-13-22)29-25(27(31)33)17-24(32)15-14-21-10-6-4-7-11-21/h4-17H,18-19H2,1-3H3/b15-14+,25-17-,30-23-. The van der Waals surface area contributed by atoms with E-state index in [1.54, 1.807) is 6.08 Å². The van der Waals surface area contributed by atoms with E-state index in [1.165, 1.54) is 22.7 Å². The number of ketones is 1. The molecule has 2 aromatic rings. The normalized spacial score (nSPS) is 20.5. The van der Waals surface area contributed by atoms with Crippen LogP contribution in [0.3, 0.4) is 0 Å². The summed E-state index contributed by atoms with van der Waals surface area (Å²) in [5.74, 6) is -0.284. The summed E-state index contributed by atoms with van der Waals surface area (Å²) in [7, 11) is 0. The zero-order valence-electron chi connectivity index (χ0n) is 19.2. The van der Waals surface area contributed by atoms with Crippen LogP contribution in [-0.4, -0.2) is 28.2 Å². The van der Waals surface area contributed by atoms with Crippen LogP contribution in [0.1, 0.15) is 44.7 Å². The predicted octanol–water partition coefficient (Wildman–Crippen LogP) is 5.56. The molecular weight excluding hydrogens is 410 g/mol. The molecule has 0 N–H and O–H groups in total. The third-order valence-corrected chi connectivity index (χ3v) is 5.45. The Balaban J connectivity index is 1.67. The van der Waals surface area contributed by atoms with Gasteiger partial charge in [0.2, 0.25) is 0 Å². The van der Waals surface area contributed by atoms with Gasteiger partial charge in [0, 0.05) is 11.6 Å². The molecule has 1 amide bonds. The molecule has 166 valence electrons. The number of nitrogens with zero attached hydrogens (tertiary/aromatic N) is 3. The smallest absolute Gasteiger partial charge is 0.290 e. The number of amides is 1. The van der Waals surface area contributed by atoms with Crippen molar-refractivity contribution < 1.29 is 9.59 Å². The van der Waals surface area contributed by atoms with E-state index in [2.05, 4.69) is 25.8 Å². The fourth-order valence-corrected chi connectivity index (χ4v) is 4.19. The first kappa shape index (κ1) is 22.3. The molecule has 1 aliphatic carbocycles. The summed E-state index contributed by atoms with van der Waals surface area (Å²) in [5.41, 5.74) is 3.88. The number of allylic oxidation sites excluding steroid dienone is 4. The first-order valence-corrected chi connectivity index (χ1v) is 11.0. The average molecular weight is 438 g/mol. The summed E-state index contributed by atoms with van der Waals surface area (Å²) in [6.45, 7) is 6.47. The summed E-state index contributed by atoms with van der Waals surface area (Å²) >= 11 is 0. The maximum Gasteiger partial charge on any atom is 0.298 e. The molecule has 2 aliphatic rings. The minimum absolute atomic E-state index is 0.0708. The molecule has 33 heavy (non-hydrogen) atoms. The molecule has 0 fully saturated rings. The Morgan fingerprint density at radius 1 is 1.03 bits per heavy atom. The number of hydrogen-bond acceptors (Lipinski definition) is 4. The Kier molecular flexibility index (Phi) is 6.31. The Bertz CT molecular complexity index is 1220. The Morgan fingerprint density at radius 3 is 2.36 bits per heavy atom. The van der Waals surface area contributed by atoms with Gasteiger partial charge in [-0.1, -0.05) is 86.2 Å². The highest BCUT2D eigenvalue weighted by Gasteiger charge is 2.33. The summed E-state index contributed by atoms with van der Waals surface area (Å²) in [6, 6.07) is 19.0. The van der Waals surface area contributed by atoms with Crippen molar-refractivity contribution in [2.24, 2.45) is 15.5 Å². The minimum atomic E-state index is -0.405. The van der Waals surface area contributed by atoms with Gasteiger partial charge in [0.25, 0.3) is 5.91 Å². The lowest BCUT2D eigenvalue weighted by molar-refractivity contribution is -0.123. The van der Waals surface area contributed by atoms with Gasteiger partial charge in [-0.25, -0.2) is 4.99 Å². The van der Waals surface area contributed by atoms with Crippen LogP contribution in [0.15, 0.2) is 100 Å².